The van der Waals surface area contributed by atoms with E-state index in [4.69, 9.17) is 0 Å². The Bertz CT molecular complexity index is 951. The quantitative estimate of drug-likeness (QED) is 0.556. The lowest BCUT2D eigenvalue weighted by molar-refractivity contribution is -0.161. The molecule has 3 rings (SSSR count). The predicted molar refractivity (Wildman–Crippen MR) is 96.4 cm³/mol. The van der Waals surface area contributed by atoms with Crippen molar-refractivity contribution in [3.8, 4) is 0 Å². The van der Waals surface area contributed by atoms with E-state index in [2.05, 4.69) is 10.3 Å². The van der Waals surface area contributed by atoms with Crippen molar-refractivity contribution in [2.24, 2.45) is 0 Å². The van der Waals surface area contributed by atoms with Crippen molar-refractivity contribution in [1.29, 1.82) is 0 Å². The SMILES string of the molecule is Cc1cn(C(C)C(=O)NC2C(=O)N3[C@@H]2SC(C)(C)[C@@H]3C(=O)O)c(=O)[nH]c1=O. The highest BCUT2D eigenvalue weighted by Gasteiger charge is 2.64. The summed E-state index contributed by atoms with van der Waals surface area (Å²) in [6, 6.07) is -2.77. The molecule has 1 aromatic rings. The number of carbonyl (C=O) groups is 3. The van der Waals surface area contributed by atoms with Crippen molar-refractivity contribution in [2.45, 2.75) is 55.9 Å². The van der Waals surface area contributed by atoms with Gasteiger partial charge in [-0.15, -0.1) is 11.8 Å². The van der Waals surface area contributed by atoms with Gasteiger partial charge >= 0.3 is 11.7 Å². The number of aliphatic carboxylic acids is 1. The van der Waals surface area contributed by atoms with Crippen LogP contribution in [0.25, 0.3) is 0 Å². The number of nitrogens with one attached hydrogen (secondary N) is 2. The van der Waals surface area contributed by atoms with Gasteiger partial charge in [-0.1, -0.05) is 0 Å². The number of aromatic amines is 1. The van der Waals surface area contributed by atoms with Gasteiger partial charge in [0.1, 0.15) is 23.5 Å². The van der Waals surface area contributed by atoms with E-state index in [1.807, 2.05) is 0 Å². The molecule has 1 aromatic heterocycles. The molecular formula is C16H20N4O6S. The maximum absolute atomic E-state index is 12.5. The molecule has 11 heteroatoms. The average Bonchev–Trinajstić information content (AvgIpc) is 2.83. The summed E-state index contributed by atoms with van der Waals surface area (Å²) in [6.07, 6.45) is 1.29. The Morgan fingerprint density at radius 1 is 1.33 bits per heavy atom. The van der Waals surface area contributed by atoms with Crippen LogP contribution in [-0.2, 0) is 14.4 Å². The summed E-state index contributed by atoms with van der Waals surface area (Å²) in [5.41, 5.74) is -0.979. The molecule has 2 saturated heterocycles. The molecular weight excluding hydrogens is 376 g/mol. The number of H-pyrrole nitrogens is 1. The largest absolute Gasteiger partial charge is 0.480 e. The van der Waals surface area contributed by atoms with Crippen molar-refractivity contribution in [1.82, 2.24) is 19.8 Å². The number of carboxylic acid groups (broad SMARTS) is 1. The van der Waals surface area contributed by atoms with Crippen LogP contribution in [0.2, 0.25) is 0 Å². The van der Waals surface area contributed by atoms with E-state index in [0.717, 1.165) is 4.57 Å². The summed E-state index contributed by atoms with van der Waals surface area (Å²) < 4.78 is 0.392. The fourth-order valence-corrected chi connectivity index (χ4v) is 5.04. The van der Waals surface area contributed by atoms with Crippen LogP contribution in [0.4, 0.5) is 0 Å². The molecule has 0 bridgehead atoms. The second kappa shape index (κ2) is 6.25. The Morgan fingerprint density at radius 3 is 2.56 bits per heavy atom. The first-order valence-corrected chi connectivity index (χ1v) is 9.19. The van der Waals surface area contributed by atoms with Crippen LogP contribution in [0, 0.1) is 6.92 Å². The summed E-state index contributed by atoms with van der Waals surface area (Å²) in [6.45, 7) is 6.47. The fourth-order valence-electron chi connectivity index (χ4n) is 3.42. The average molecular weight is 396 g/mol. The molecule has 0 radical (unpaired) electrons. The molecule has 2 unspecified atom stereocenters. The maximum atomic E-state index is 12.5. The smallest absolute Gasteiger partial charge is 0.329 e. The van der Waals surface area contributed by atoms with Crippen LogP contribution >= 0.6 is 11.8 Å². The molecule has 146 valence electrons. The summed E-state index contributed by atoms with van der Waals surface area (Å²) in [5, 5.41) is 11.5. The van der Waals surface area contributed by atoms with Crippen LogP contribution in [0.1, 0.15) is 32.4 Å². The lowest BCUT2D eigenvalue weighted by Crippen LogP contribution is -2.71. The van der Waals surface area contributed by atoms with E-state index in [9.17, 15) is 29.1 Å². The van der Waals surface area contributed by atoms with Gasteiger partial charge in [-0.3, -0.25) is 23.9 Å². The van der Waals surface area contributed by atoms with Crippen molar-refractivity contribution in [2.75, 3.05) is 0 Å². The summed E-state index contributed by atoms with van der Waals surface area (Å²) in [7, 11) is 0. The zero-order valence-corrected chi connectivity index (χ0v) is 16.0. The van der Waals surface area contributed by atoms with Gasteiger partial charge in [-0.05, 0) is 27.7 Å². The van der Waals surface area contributed by atoms with Crippen molar-refractivity contribution >= 4 is 29.5 Å². The molecule has 0 aromatic carbocycles. The van der Waals surface area contributed by atoms with Gasteiger partial charge in [0.25, 0.3) is 5.56 Å². The fraction of sp³-hybridized carbons (Fsp3) is 0.562. The standard InChI is InChI=1S/C16H20N4O6S/c1-6-5-19(15(26)18-10(6)21)7(2)11(22)17-8-12(23)20-9(14(24)25)16(3,4)27-13(8)20/h5,7-9,13H,1-4H3,(H,17,22)(H,24,25)(H,18,21,26)/t7?,8?,9-,13+/m0/s1. The molecule has 0 aliphatic carbocycles. The molecule has 2 aliphatic rings. The molecule has 3 N–H and O–H groups in total. The number of aromatic nitrogens is 2. The molecule has 0 spiro atoms. The molecule has 0 saturated carbocycles. The number of amides is 2. The monoisotopic (exact) mass is 396 g/mol. The van der Waals surface area contributed by atoms with Crippen molar-refractivity contribution < 1.29 is 19.5 Å². The predicted octanol–water partition coefficient (Wildman–Crippen LogP) is -0.962. The number of β-lactam (4-membered cyclic amide) rings is 1. The molecule has 10 nitrogen and oxygen atoms in total. The van der Waals surface area contributed by atoms with Crippen LogP contribution < -0.4 is 16.6 Å². The Labute approximate surface area is 157 Å². The Morgan fingerprint density at radius 2 is 1.96 bits per heavy atom. The van der Waals surface area contributed by atoms with Crippen LogP contribution in [0.15, 0.2) is 15.8 Å². The van der Waals surface area contributed by atoms with Gasteiger partial charge < -0.3 is 15.3 Å². The second-order valence-corrected chi connectivity index (χ2v) is 9.01. The Kier molecular flexibility index (Phi) is 4.45. The van der Waals surface area contributed by atoms with E-state index in [0.29, 0.717) is 0 Å². The number of aryl methyl sites for hydroxylation is 1. The summed E-state index contributed by atoms with van der Waals surface area (Å²) in [4.78, 5) is 63.3. The molecule has 3 heterocycles. The number of carboxylic acids is 1. The summed E-state index contributed by atoms with van der Waals surface area (Å²) in [5.74, 6) is -2.12. The Hall–Kier alpha value is -2.56. The molecule has 4 atom stereocenters. The van der Waals surface area contributed by atoms with Crippen LogP contribution in [-0.4, -0.2) is 59.5 Å². The molecule has 27 heavy (non-hydrogen) atoms. The van der Waals surface area contributed by atoms with Gasteiger partial charge in [-0.25, -0.2) is 9.59 Å². The first-order valence-electron chi connectivity index (χ1n) is 8.31. The summed E-state index contributed by atoms with van der Waals surface area (Å²) >= 11 is 1.32. The Balaban J connectivity index is 1.77. The minimum absolute atomic E-state index is 0.276. The number of nitrogens with zero attached hydrogens (tertiary/aromatic N) is 2. The van der Waals surface area contributed by atoms with E-state index in [1.165, 1.54) is 36.7 Å². The lowest BCUT2D eigenvalue weighted by Gasteiger charge is -2.43. The zero-order valence-electron chi connectivity index (χ0n) is 15.2. The first kappa shape index (κ1) is 19.2. The normalized spacial score (nSPS) is 26.9. The highest BCUT2D eigenvalue weighted by Crippen LogP contribution is 2.50. The number of rotatable bonds is 4. The van der Waals surface area contributed by atoms with Gasteiger partial charge in [0.15, 0.2) is 0 Å². The number of thioether (sulfide) groups is 1. The van der Waals surface area contributed by atoms with Gasteiger partial charge in [-0.2, -0.15) is 0 Å². The number of hydrogen-bond acceptors (Lipinski definition) is 6. The van der Waals surface area contributed by atoms with E-state index >= 15 is 0 Å². The lowest BCUT2D eigenvalue weighted by atomic mass is 9.96. The number of hydrogen-bond donors (Lipinski definition) is 3. The third kappa shape index (κ3) is 2.95. The highest BCUT2D eigenvalue weighted by molar-refractivity contribution is 8.01. The van der Waals surface area contributed by atoms with Crippen molar-refractivity contribution in [3.63, 3.8) is 0 Å². The molecule has 2 aliphatic heterocycles. The second-order valence-electron chi connectivity index (χ2n) is 7.24. The maximum Gasteiger partial charge on any atom is 0.329 e. The van der Waals surface area contributed by atoms with Crippen LogP contribution in [0.5, 0.6) is 0 Å². The zero-order chi connectivity index (χ0) is 20.3. The minimum atomic E-state index is -1.09. The van der Waals surface area contributed by atoms with Gasteiger partial charge in [0, 0.05) is 16.5 Å². The minimum Gasteiger partial charge on any atom is -0.480 e. The van der Waals surface area contributed by atoms with Gasteiger partial charge in [0.2, 0.25) is 11.8 Å². The van der Waals surface area contributed by atoms with E-state index < -0.39 is 57.3 Å². The number of carbonyl (C=O) groups excluding carboxylic acids is 2. The molecule has 2 fully saturated rings. The van der Waals surface area contributed by atoms with E-state index in [-0.39, 0.29) is 5.56 Å². The topological polar surface area (TPSA) is 142 Å². The third-order valence-electron chi connectivity index (χ3n) is 4.92. The first-order chi connectivity index (χ1) is 12.5. The van der Waals surface area contributed by atoms with Crippen LogP contribution in [0.3, 0.4) is 0 Å². The van der Waals surface area contributed by atoms with Gasteiger partial charge in [0.05, 0.1) is 0 Å². The molecule has 2 amide bonds. The van der Waals surface area contributed by atoms with E-state index in [1.54, 1.807) is 13.8 Å². The highest BCUT2D eigenvalue weighted by atomic mass is 32.2. The van der Waals surface area contributed by atoms with Crippen molar-refractivity contribution in [3.05, 3.63) is 32.6 Å². The number of fused-ring (bicyclic) bond motifs is 1. The third-order valence-corrected chi connectivity index (χ3v) is 6.49.